The third-order valence-corrected chi connectivity index (χ3v) is 5.49. The molecule has 1 unspecified atom stereocenters. The number of benzene rings is 1. The van der Waals surface area contributed by atoms with Crippen molar-refractivity contribution in [3.8, 4) is 5.82 Å². The Morgan fingerprint density at radius 3 is 2.56 bits per heavy atom. The average Bonchev–Trinajstić information content (AvgIpc) is 3.33. The molecule has 1 aromatic carbocycles. The maximum atomic E-state index is 12.5. The lowest BCUT2D eigenvalue weighted by molar-refractivity contribution is -0.126. The van der Waals surface area contributed by atoms with E-state index in [1.807, 2.05) is 32.0 Å². The van der Waals surface area contributed by atoms with Crippen molar-refractivity contribution < 1.29 is 9.59 Å². The molecule has 10 heteroatoms. The number of aryl methyl sites for hydroxylation is 2. The number of rotatable bonds is 7. The van der Waals surface area contributed by atoms with Gasteiger partial charge in [-0.1, -0.05) is 11.6 Å². The van der Waals surface area contributed by atoms with Crippen LogP contribution in [-0.2, 0) is 9.59 Å². The number of aromatic nitrogens is 4. The number of anilines is 2. The Morgan fingerprint density at radius 1 is 1.12 bits per heavy atom. The fourth-order valence-electron chi connectivity index (χ4n) is 3.67. The minimum atomic E-state index is -0.377. The van der Waals surface area contributed by atoms with Crippen molar-refractivity contribution in [3.05, 3.63) is 58.9 Å². The fourth-order valence-corrected chi connectivity index (χ4v) is 3.79. The molecule has 1 atom stereocenters. The van der Waals surface area contributed by atoms with E-state index < -0.39 is 0 Å². The molecule has 3 aromatic rings. The number of nitrogens with one attached hydrogen (secondary N) is 2. The summed E-state index contributed by atoms with van der Waals surface area (Å²) in [5.74, 6) is 0.671. The van der Waals surface area contributed by atoms with Gasteiger partial charge in [0.15, 0.2) is 5.82 Å². The van der Waals surface area contributed by atoms with Crippen LogP contribution in [0.5, 0.6) is 0 Å². The number of carbonyl (C=O) groups is 2. The highest BCUT2D eigenvalue weighted by Gasteiger charge is 2.34. The van der Waals surface area contributed by atoms with Crippen LogP contribution in [0, 0.1) is 19.8 Å². The molecule has 32 heavy (non-hydrogen) atoms. The van der Waals surface area contributed by atoms with Crippen LogP contribution in [0.25, 0.3) is 5.82 Å². The maximum absolute atomic E-state index is 12.5. The molecule has 9 nitrogen and oxygen atoms in total. The largest absolute Gasteiger partial charge is 0.367 e. The summed E-state index contributed by atoms with van der Waals surface area (Å²) in [7, 11) is 0. The zero-order valence-corrected chi connectivity index (χ0v) is 18.6. The summed E-state index contributed by atoms with van der Waals surface area (Å²) >= 11 is 5.91. The van der Waals surface area contributed by atoms with Gasteiger partial charge in [0.05, 0.1) is 11.6 Å². The third-order valence-electron chi connectivity index (χ3n) is 5.24. The lowest BCUT2D eigenvalue weighted by Gasteiger charge is -2.16. The van der Waals surface area contributed by atoms with Gasteiger partial charge in [0.2, 0.25) is 11.8 Å². The highest BCUT2D eigenvalue weighted by molar-refractivity contribution is 6.30. The Morgan fingerprint density at radius 2 is 1.91 bits per heavy atom. The lowest BCUT2D eigenvalue weighted by atomic mass is 10.1. The molecular weight excluding hydrogens is 430 g/mol. The molecule has 1 aliphatic rings. The van der Waals surface area contributed by atoms with Gasteiger partial charge >= 0.3 is 0 Å². The van der Waals surface area contributed by atoms with Crippen LogP contribution < -0.4 is 15.5 Å². The first kappa shape index (κ1) is 21.8. The molecule has 0 radical (unpaired) electrons. The van der Waals surface area contributed by atoms with E-state index >= 15 is 0 Å². The van der Waals surface area contributed by atoms with Gasteiger partial charge in [0.25, 0.3) is 0 Å². The van der Waals surface area contributed by atoms with E-state index in [9.17, 15) is 9.59 Å². The average molecular weight is 454 g/mol. The van der Waals surface area contributed by atoms with Gasteiger partial charge in [-0.25, -0.2) is 4.68 Å². The first-order valence-corrected chi connectivity index (χ1v) is 10.7. The van der Waals surface area contributed by atoms with Crippen LogP contribution in [0.15, 0.2) is 42.5 Å². The molecule has 0 bridgehead atoms. The van der Waals surface area contributed by atoms with Crippen molar-refractivity contribution in [2.75, 3.05) is 29.9 Å². The van der Waals surface area contributed by atoms with Crippen LogP contribution >= 0.6 is 11.6 Å². The second-order valence-electron chi connectivity index (χ2n) is 7.72. The van der Waals surface area contributed by atoms with Crippen LogP contribution in [0.1, 0.15) is 17.8 Å². The minimum Gasteiger partial charge on any atom is -0.367 e. The number of carbonyl (C=O) groups excluding carboxylic acids is 2. The molecule has 0 spiro atoms. The predicted molar refractivity (Wildman–Crippen MR) is 122 cm³/mol. The van der Waals surface area contributed by atoms with Crippen LogP contribution in [0.3, 0.4) is 0 Å². The Balaban J connectivity index is 1.23. The first-order valence-electron chi connectivity index (χ1n) is 10.4. The molecule has 1 saturated heterocycles. The van der Waals surface area contributed by atoms with Crippen molar-refractivity contribution in [2.45, 2.75) is 20.3 Å². The van der Waals surface area contributed by atoms with Gasteiger partial charge in [0.1, 0.15) is 5.82 Å². The summed E-state index contributed by atoms with van der Waals surface area (Å²) in [6, 6.07) is 12.7. The molecule has 3 heterocycles. The third kappa shape index (κ3) is 4.88. The van der Waals surface area contributed by atoms with Crippen molar-refractivity contribution in [2.24, 2.45) is 5.92 Å². The van der Waals surface area contributed by atoms with Crippen molar-refractivity contribution >= 4 is 34.9 Å². The Bertz CT molecular complexity index is 1110. The molecular formula is C22H24ClN7O2. The van der Waals surface area contributed by atoms with Gasteiger partial charge in [-0.2, -0.15) is 5.10 Å². The van der Waals surface area contributed by atoms with Crippen LogP contribution in [0.2, 0.25) is 5.02 Å². The Labute approximate surface area is 190 Å². The molecule has 2 aromatic heterocycles. The number of nitrogens with zero attached hydrogens (tertiary/aromatic N) is 5. The number of amides is 2. The zero-order chi connectivity index (χ0) is 22.7. The molecule has 0 aliphatic carbocycles. The molecule has 2 N–H and O–H groups in total. The van der Waals surface area contributed by atoms with E-state index in [1.165, 1.54) is 0 Å². The normalized spacial score (nSPS) is 15.8. The number of hydrogen-bond acceptors (Lipinski definition) is 6. The van der Waals surface area contributed by atoms with Gasteiger partial charge in [-0.3, -0.25) is 9.59 Å². The Kier molecular flexibility index (Phi) is 6.36. The predicted octanol–water partition coefficient (Wildman–Crippen LogP) is 2.51. The molecule has 2 amide bonds. The van der Waals surface area contributed by atoms with Crippen molar-refractivity contribution in [1.82, 2.24) is 25.3 Å². The van der Waals surface area contributed by atoms with Gasteiger partial charge < -0.3 is 15.5 Å². The zero-order valence-electron chi connectivity index (χ0n) is 17.9. The summed E-state index contributed by atoms with van der Waals surface area (Å²) in [5.41, 5.74) is 2.65. The number of halogens is 1. The second kappa shape index (κ2) is 9.35. The summed E-state index contributed by atoms with van der Waals surface area (Å²) in [4.78, 5) is 26.4. The molecule has 0 saturated carbocycles. The smallest absolute Gasteiger partial charge is 0.227 e. The van der Waals surface area contributed by atoms with Gasteiger partial charge in [0, 0.05) is 42.5 Å². The van der Waals surface area contributed by atoms with E-state index in [-0.39, 0.29) is 24.2 Å². The van der Waals surface area contributed by atoms with E-state index in [0.29, 0.717) is 36.3 Å². The fraction of sp³-hybridized carbons (Fsp3) is 0.318. The molecule has 166 valence electrons. The summed E-state index contributed by atoms with van der Waals surface area (Å²) < 4.78 is 1.74. The van der Waals surface area contributed by atoms with Crippen molar-refractivity contribution in [3.63, 3.8) is 0 Å². The SMILES string of the molecule is Cc1cc(C)n(-c2ccc(NCCNC(=O)C3CC(=O)N(c4ccc(Cl)cc4)C3)nn2)n1. The Hall–Kier alpha value is -3.46. The van der Waals surface area contributed by atoms with Crippen molar-refractivity contribution in [1.29, 1.82) is 0 Å². The van der Waals surface area contributed by atoms with E-state index in [1.54, 1.807) is 33.8 Å². The monoisotopic (exact) mass is 453 g/mol. The minimum absolute atomic E-state index is 0.0661. The molecule has 4 rings (SSSR count). The summed E-state index contributed by atoms with van der Waals surface area (Å²) in [6.45, 7) is 5.15. The maximum Gasteiger partial charge on any atom is 0.227 e. The first-order chi connectivity index (χ1) is 15.4. The van der Waals surface area contributed by atoms with Crippen LogP contribution in [-0.4, -0.2) is 51.4 Å². The van der Waals surface area contributed by atoms with E-state index in [0.717, 1.165) is 17.1 Å². The van der Waals surface area contributed by atoms with E-state index in [2.05, 4.69) is 25.9 Å². The topological polar surface area (TPSA) is 105 Å². The quantitative estimate of drug-likeness (QED) is 0.532. The lowest BCUT2D eigenvalue weighted by Crippen LogP contribution is -2.35. The van der Waals surface area contributed by atoms with Crippen LogP contribution in [0.4, 0.5) is 11.5 Å². The highest BCUT2D eigenvalue weighted by atomic mass is 35.5. The summed E-state index contributed by atoms with van der Waals surface area (Å²) in [6.07, 6.45) is 0.196. The second-order valence-corrected chi connectivity index (χ2v) is 8.15. The highest BCUT2D eigenvalue weighted by Crippen LogP contribution is 2.26. The summed E-state index contributed by atoms with van der Waals surface area (Å²) in [5, 5.41) is 19.4. The van der Waals surface area contributed by atoms with E-state index in [4.69, 9.17) is 11.6 Å². The van der Waals surface area contributed by atoms with Gasteiger partial charge in [-0.05, 0) is 56.3 Å². The standard InChI is InChI=1S/C22H24ClN7O2/c1-14-11-15(2)30(28-14)20-8-7-19(26-27-20)24-9-10-25-22(32)16-12-21(31)29(13-16)18-5-3-17(23)4-6-18/h3-8,11,16H,9-10,12-13H2,1-2H3,(H,24,26)(H,25,32). The van der Waals surface area contributed by atoms with Gasteiger partial charge in [-0.15, -0.1) is 10.2 Å². The molecule has 1 aliphatic heterocycles. The molecule has 1 fully saturated rings. The number of hydrogen-bond donors (Lipinski definition) is 2.